The standard InChI is InChI=1S/C14H18NO2/c1-2-12(16)14-13(9-6-10-15-14)17-11-7-4-3-5-8-11/h3-5,7-8,13-15H,1-2,6,9-10H2. The molecule has 0 aliphatic carbocycles. The SMILES string of the molecule is [CH2]CC(=O)C1NCCCC1Oc1ccccc1. The summed E-state index contributed by atoms with van der Waals surface area (Å²) in [7, 11) is 0. The average molecular weight is 232 g/mol. The molecule has 1 heterocycles. The molecule has 2 rings (SSSR count). The highest BCUT2D eigenvalue weighted by molar-refractivity contribution is 5.85. The number of Topliss-reactive ketones (excluding diaryl/α,β-unsaturated/α-hetero) is 1. The molecule has 0 amide bonds. The van der Waals surface area contributed by atoms with Crippen molar-refractivity contribution in [2.75, 3.05) is 6.54 Å². The molecule has 1 saturated heterocycles. The van der Waals surface area contributed by atoms with Gasteiger partial charge in [-0.1, -0.05) is 18.2 Å². The van der Waals surface area contributed by atoms with E-state index < -0.39 is 0 Å². The second-order valence-electron chi connectivity index (χ2n) is 4.26. The predicted molar refractivity (Wildman–Crippen MR) is 66.9 cm³/mol. The predicted octanol–water partition coefficient (Wildman–Crippen LogP) is 1.98. The van der Waals surface area contributed by atoms with Crippen LogP contribution in [0.15, 0.2) is 30.3 Å². The Morgan fingerprint density at radius 2 is 2.18 bits per heavy atom. The van der Waals surface area contributed by atoms with Gasteiger partial charge >= 0.3 is 0 Å². The van der Waals surface area contributed by atoms with Gasteiger partial charge < -0.3 is 10.1 Å². The van der Waals surface area contributed by atoms with Gasteiger partial charge in [0, 0.05) is 6.42 Å². The fourth-order valence-corrected chi connectivity index (χ4v) is 2.14. The van der Waals surface area contributed by atoms with Gasteiger partial charge in [-0.05, 0) is 38.4 Å². The second-order valence-corrected chi connectivity index (χ2v) is 4.26. The van der Waals surface area contributed by atoms with Crippen molar-refractivity contribution in [1.82, 2.24) is 5.32 Å². The van der Waals surface area contributed by atoms with Gasteiger partial charge in [-0.15, -0.1) is 0 Å². The van der Waals surface area contributed by atoms with E-state index in [0.717, 1.165) is 25.1 Å². The van der Waals surface area contributed by atoms with Crippen LogP contribution in [0.2, 0.25) is 0 Å². The summed E-state index contributed by atoms with van der Waals surface area (Å²) in [4.78, 5) is 11.8. The topological polar surface area (TPSA) is 38.3 Å². The molecule has 2 atom stereocenters. The van der Waals surface area contributed by atoms with E-state index >= 15 is 0 Å². The van der Waals surface area contributed by atoms with Gasteiger partial charge in [-0.25, -0.2) is 0 Å². The number of nitrogens with one attached hydrogen (secondary N) is 1. The van der Waals surface area contributed by atoms with Crippen LogP contribution in [0, 0.1) is 6.92 Å². The fraction of sp³-hybridized carbons (Fsp3) is 0.429. The number of hydrogen-bond donors (Lipinski definition) is 1. The molecule has 1 radical (unpaired) electrons. The summed E-state index contributed by atoms with van der Waals surface area (Å²) in [5, 5.41) is 3.23. The Balaban J connectivity index is 2.04. The molecule has 3 heteroatoms. The molecule has 91 valence electrons. The first kappa shape index (κ1) is 12.1. The minimum absolute atomic E-state index is 0.0691. The largest absolute Gasteiger partial charge is 0.488 e. The number of hydrogen-bond acceptors (Lipinski definition) is 3. The third kappa shape index (κ3) is 3.07. The highest BCUT2D eigenvalue weighted by Crippen LogP contribution is 2.19. The molecular weight excluding hydrogens is 214 g/mol. The quantitative estimate of drug-likeness (QED) is 0.862. The van der Waals surface area contributed by atoms with Crippen molar-refractivity contribution < 1.29 is 9.53 Å². The van der Waals surface area contributed by atoms with Crippen molar-refractivity contribution in [3.8, 4) is 5.75 Å². The smallest absolute Gasteiger partial charge is 0.153 e. The number of para-hydroxylation sites is 1. The van der Waals surface area contributed by atoms with Crippen LogP contribution in [-0.2, 0) is 4.79 Å². The zero-order chi connectivity index (χ0) is 12.1. The summed E-state index contributed by atoms with van der Waals surface area (Å²) in [5.74, 6) is 0.952. The first-order valence-corrected chi connectivity index (χ1v) is 6.08. The molecule has 0 bridgehead atoms. The van der Waals surface area contributed by atoms with Crippen LogP contribution in [0.5, 0.6) is 5.75 Å². The average Bonchev–Trinajstić information content (AvgIpc) is 2.40. The zero-order valence-electron chi connectivity index (χ0n) is 9.89. The third-order valence-electron chi connectivity index (χ3n) is 3.03. The number of benzene rings is 1. The van der Waals surface area contributed by atoms with E-state index in [2.05, 4.69) is 12.2 Å². The van der Waals surface area contributed by atoms with Crippen LogP contribution in [-0.4, -0.2) is 24.5 Å². The minimum Gasteiger partial charge on any atom is -0.488 e. The summed E-state index contributed by atoms with van der Waals surface area (Å²) < 4.78 is 5.88. The Labute approximate surface area is 102 Å². The van der Waals surface area contributed by atoms with Crippen molar-refractivity contribution in [2.24, 2.45) is 0 Å². The van der Waals surface area contributed by atoms with Crippen molar-refractivity contribution >= 4 is 5.78 Å². The first-order chi connectivity index (χ1) is 8.31. The molecule has 0 aromatic heterocycles. The van der Waals surface area contributed by atoms with E-state index in [0.29, 0.717) is 6.42 Å². The van der Waals surface area contributed by atoms with E-state index in [-0.39, 0.29) is 17.9 Å². The number of carbonyl (C=O) groups is 1. The van der Waals surface area contributed by atoms with E-state index in [4.69, 9.17) is 4.74 Å². The molecular formula is C14H18NO2. The van der Waals surface area contributed by atoms with Crippen LogP contribution in [0.25, 0.3) is 0 Å². The maximum atomic E-state index is 11.8. The van der Waals surface area contributed by atoms with Crippen LogP contribution in [0.1, 0.15) is 19.3 Å². The summed E-state index contributed by atoms with van der Waals surface area (Å²) in [5.41, 5.74) is 0. The maximum absolute atomic E-state index is 11.8. The number of rotatable bonds is 4. The molecule has 1 fully saturated rings. The summed E-state index contributed by atoms with van der Waals surface area (Å²) in [6.07, 6.45) is 2.20. The number of ether oxygens (including phenoxy) is 1. The van der Waals surface area contributed by atoms with E-state index in [1.807, 2.05) is 30.3 Å². The van der Waals surface area contributed by atoms with Crippen LogP contribution in [0.4, 0.5) is 0 Å². The van der Waals surface area contributed by atoms with E-state index in [9.17, 15) is 4.79 Å². The van der Waals surface area contributed by atoms with Crippen LogP contribution < -0.4 is 10.1 Å². The number of ketones is 1. The highest BCUT2D eigenvalue weighted by atomic mass is 16.5. The normalized spacial score (nSPS) is 24.3. The van der Waals surface area contributed by atoms with Crippen molar-refractivity contribution in [2.45, 2.75) is 31.4 Å². The monoisotopic (exact) mass is 232 g/mol. The molecule has 1 N–H and O–H groups in total. The summed E-state index contributed by atoms with van der Waals surface area (Å²) in [6.45, 7) is 4.54. The van der Waals surface area contributed by atoms with Crippen molar-refractivity contribution in [3.05, 3.63) is 37.3 Å². The highest BCUT2D eigenvalue weighted by Gasteiger charge is 2.30. The van der Waals surface area contributed by atoms with Crippen LogP contribution >= 0.6 is 0 Å². The minimum atomic E-state index is -0.207. The third-order valence-corrected chi connectivity index (χ3v) is 3.03. The van der Waals surface area contributed by atoms with Crippen molar-refractivity contribution in [3.63, 3.8) is 0 Å². The van der Waals surface area contributed by atoms with Gasteiger partial charge in [0.1, 0.15) is 17.9 Å². The molecule has 1 aromatic rings. The summed E-state index contributed by atoms with van der Waals surface area (Å²) >= 11 is 0. The fourth-order valence-electron chi connectivity index (χ4n) is 2.14. The molecule has 1 aromatic carbocycles. The molecule has 1 aliphatic rings. The molecule has 17 heavy (non-hydrogen) atoms. The maximum Gasteiger partial charge on any atom is 0.153 e. The Morgan fingerprint density at radius 1 is 1.41 bits per heavy atom. The van der Waals surface area contributed by atoms with Gasteiger partial charge in [-0.3, -0.25) is 4.79 Å². The van der Waals surface area contributed by atoms with Crippen LogP contribution in [0.3, 0.4) is 0 Å². The van der Waals surface area contributed by atoms with Gasteiger partial charge in [-0.2, -0.15) is 0 Å². The lowest BCUT2D eigenvalue weighted by atomic mass is 9.96. The number of carbonyl (C=O) groups excluding carboxylic acids is 1. The van der Waals surface area contributed by atoms with Gasteiger partial charge in [0.05, 0.1) is 0 Å². The van der Waals surface area contributed by atoms with Crippen molar-refractivity contribution in [1.29, 1.82) is 0 Å². The molecule has 0 spiro atoms. The van der Waals surface area contributed by atoms with E-state index in [1.165, 1.54) is 0 Å². The molecule has 2 unspecified atom stereocenters. The van der Waals surface area contributed by atoms with Gasteiger partial charge in [0.25, 0.3) is 0 Å². The molecule has 3 nitrogen and oxygen atoms in total. The Bertz CT molecular complexity index is 364. The molecule has 0 saturated carbocycles. The van der Waals surface area contributed by atoms with Gasteiger partial charge in [0.15, 0.2) is 5.78 Å². The summed E-state index contributed by atoms with van der Waals surface area (Å²) in [6, 6.07) is 9.44. The lowest BCUT2D eigenvalue weighted by Gasteiger charge is -2.31. The Hall–Kier alpha value is -1.35. The molecule has 1 aliphatic heterocycles. The Morgan fingerprint density at radius 3 is 2.88 bits per heavy atom. The number of piperidine rings is 1. The second kappa shape index (κ2) is 5.82. The zero-order valence-corrected chi connectivity index (χ0v) is 9.89. The van der Waals surface area contributed by atoms with Gasteiger partial charge in [0.2, 0.25) is 0 Å². The lowest BCUT2D eigenvalue weighted by Crippen LogP contribution is -2.52. The van der Waals surface area contributed by atoms with E-state index in [1.54, 1.807) is 0 Å². The lowest BCUT2D eigenvalue weighted by molar-refractivity contribution is -0.123. The Kier molecular flexibility index (Phi) is 4.15. The first-order valence-electron chi connectivity index (χ1n) is 6.08.